The lowest BCUT2D eigenvalue weighted by Crippen LogP contribution is -2.24. The minimum Gasteiger partial charge on any atom is -0.488 e. The number of ether oxygens (including phenoxy) is 1. The maximum absolute atomic E-state index is 6.25. The molecule has 0 amide bonds. The van der Waals surface area contributed by atoms with Crippen LogP contribution in [0.2, 0.25) is 0 Å². The van der Waals surface area contributed by atoms with Crippen LogP contribution in [0.3, 0.4) is 0 Å². The van der Waals surface area contributed by atoms with E-state index in [1.807, 2.05) is 0 Å². The number of hydrogen-bond donors (Lipinski definition) is 1. The summed E-state index contributed by atoms with van der Waals surface area (Å²) in [5, 5.41) is 0. The first-order valence-corrected chi connectivity index (χ1v) is 6.37. The van der Waals surface area contributed by atoms with E-state index in [0.29, 0.717) is 0 Å². The average molecular weight is 217 g/mol. The van der Waals surface area contributed by atoms with Gasteiger partial charge in [-0.15, -0.1) is 0 Å². The molecule has 2 heteroatoms. The maximum atomic E-state index is 6.25. The molecule has 2 unspecified atom stereocenters. The molecule has 2 N–H and O–H groups in total. The van der Waals surface area contributed by atoms with Crippen molar-refractivity contribution in [3.8, 4) is 5.75 Å². The molecule has 0 radical (unpaired) electrons. The Morgan fingerprint density at radius 1 is 1.31 bits per heavy atom. The number of benzene rings is 1. The van der Waals surface area contributed by atoms with Gasteiger partial charge >= 0.3 is 0 Å². The van der Waals surface area contributed by atoms with Gasteiger partial charge in [-0.25, -0.2) is 0 Å². The van der Waals surface area contributed by atoms with Crippen LogP contribution >= 0.6 is 0 Å². The number of fused-ring (bicyclic) bond motifs is 2. The Kier molecular flexibility index (Phi) is 2.40. The predicted molar refractivity (Wildman–Crippen MR) is 64.7 cm³/mol. The third-order valence-electron chi connectivity index (χ3n) is 3.84. The van der Waals surface area contributed by atoms with E-state index in [1.165, 1.54) is 36.0 Å². The van der Waals surface area contributed by atoms with Crippen molar-refractivity contribution in [1.82, 2.24) is 0 Å². The summed E-state index contributed by atoms with van der Waals surface area (Å²) in [6.45, 7) is 2.18. The molecule has 1 aromatic rings. The molecule has 2 nitrogen and oxygen atoms in total. The molecule has 1 aliphatic heterocycles. The fraction of sp³-hybridized carbons (Fsp3) is 0.571. The van der Waals surface area contributed by atoms with E-state index in [9.17, 15) is 0 Å². The third kappa shape index (κ3) is 1.44. The normalized spacial score (nSPS) is 26.4. The molecule has 0 saturated heterocycles. The Hall–Kier alpha value is -1.02. The van der Waals surface area contributed by atoms with E-state index in [1.54, 1.807) is 0 Å². The van der Waals surface area contributed by atoms with Gasteiger partial charge in [-0.05, 0) is 42.9 Å². The van der Waals surface area contributed by atoms with Crippen LogP contribution in [0.25, 0.3) is 0 Å². The number of rotatable bonds is 2. The van der Waals surface area contributed by atoms with Crippen LogP contribution in [0.15, 0.2) is 12.1 Å². The smallest absolute Gasteiger partial charge is 0.125 e. The molecule has 1 heterocycles. The van der Waals surface area contributed by atoms with Crippen LogP contribution in [-0.2, 0) is 12.8 Å². The van der Waals surface area contributed by atoms with E-state index in [2.05, 4.69) is 19.1 Å². The third-order valence-corrected chi connectivity index (χ3v) is 3.84. The van der Waals surface area contributed by atoms with Gasteiger partial charge in [0.25, 0.3) is 0 Å². The molecule has 0 aromatic heterocycles. The summed E-state index contributed by atoms with van der Waals surface area (Å²) < 4.78 is 5.96. The van der Waals surface area contributed by atoms with Gasteiger partial charge in [0.05, 0.1) is 6.04 Å². The van der Waals surface area contributed by atoms with Gasteiger partial charge in [0, 0.05) is 5.56 Å². The van der Waals surface area contributed by atoms with Crippen molar-refractivity contribution >= 4 is 0 Å². The van der Waals surface area contributed by atoms with Gasteiger partial charge in [0.15, 0.2) is 0 Å². The molecule has 0 spiro atoms. The second kappa shape index (κ2) is 3.77. The molecule has 3 rings (SSSR count). The highest BCUT2D eigenvalue weighted by molar-refractivity contribution is 5.48. The molecule has 1 aliphatic carbocycles. The van der Waals surface area contributed by atoms with E-state index in [0.717, 1.165) is 18.6 Å². The highest BCUT2D eigenvalue weighted by atomic mass is 16.5. The molecule has 86 valence electrons. The minimum absolute atomic E-state index is 0.0841. The first-order valence-electron chi connectivity index (χ1n) is 6.37. The van der Waals surface area contributed by atoms with Crippen molar-refractivity contribution in [2.45, 2.75) is 51.2 Å². The van der Waals surface area contributed by atoms with Gasteiger partial charge in [-0.1, -0.05) is 19.4 Å². The number of nitrogens with two attached hydrogens (primary N) is 1. The highest BCUT2D eigenvalue weighted by Gasteiger charge is 2.32. The maximum Gasteiger partial charge on any atom is 0.125 e. The van der Waals surface area contributed by atoms with Gasteiger partial charge in [-0.3, -0.25) is 0 Å². The van der Waals surface area contributed by atoms with Crippen molar-refractivity contribution in [2.75, 3.05) is 0 Å². The first-order chi connectivity index (χ1) is 7.79. The quantitative estimate of drug-likeness (QED) is 0.826. The molecule has 2 aliphatic rings. The molecule has 0 bridgehead atoms. The van der Waals surface area contributed by atoms with Crippen LogP contribution in [0, 0.1) is 0 Å². The first kappa shape index (κ1) is 10.2. The molecule has 16 heavy (non-hydrogen) atoms. The van der Waals surface area contributed by atoms with Crippen molar-refractivity contribution in [3.63, 3.8) is 0 Å². The predicted octanol–water partition coefficient (Wildman–Crippen LogP) is 2.74. The van der Waals surface area contributed by atoms with Crippen molar-refractivity contribution in [2.24, 2.45) is 5.73 Å². The van der Waals surface area contributed by atoms with Crippen molar-refractivity contribution in [1.29, 1.82) is 0 Å². The van der Waals surface area contributed by atoms with Crippen molar-refractivity contribution < 1.29 is 4.74 Å². The summed E-state index contributed by atoms with van der Waals surface area (Å²) in [5.41, 5.74) is 10.5. The molecular weight excluding hydrogens is 198 g/mol. The van der Waals surface area contributed by atoms with Crippen LogP contribution in [0.4, 0.5) is 0 Å². The van der Waals surface area contributed by atoms with E-state index < -0.39 is 0 Å². The fourth-order valence-corrected chi connectivity index (χ4v) is 2.94. The molecule has 1 aromatic carbocycles. The van der Waals surface area contributed by atoms with Crippen molar-refractivity contribution in [3.05, 3.63) is 28.8 Å². The summed E-state index contributed by atoms with van der Waals surface area (Å²) in [5.74, 6) is 1.05. The lowest BCUT2D eigenvalue weighted by molar-refractivity contribution is 0.195. The second-order valence-corrected chi connectivity index (χ2v) is 4.98. The van der Waals surface area contributed by atoms with Gasteiger partial charge in [0.2, 0.25) is 0 Å². The minimum atomic E-state index is 0.0841. The Morgan fingerprint density at radius 3 is 2.81 bits per heavy atom. The average Bonchev–Trinajstić information content (AvgIpc) is 2.83. The Bertz CT molecular complexity index is 413. The number of hydrogen-bond acceptors (Lipinski definition) is 2. The van der Waals surface area contributed by atoms with Crippen LogP contribution in [0.5, 0.6) is 5.75 Å². The fourth-order valence-electron chi connectivity index (χ4n) is 2.94. The van der Waals surface area contributed by atoms with Crippen LogP contribution < -0.4 is 10.5 Å². The largest absolute Gasteiger partial charge is 0.488 e. The lowest BCUT2D eigenvalue weighted by Gasteiger charge is -2.13. The summed E-state index contributed by atoms with van der Waals surface area (Å²) in [7, 11) is 0. The zero-order chi connectivity index (χ0) is 11.1. The van der Waals surface area contributed by atoms with E-state index >= 15 is 0 Å². The zero-order valence-electron chi connectivity index (χ0n) is 9.83. The van der Waals surface area contributed by atoms with Crippen LogP contribution in [-0.4, -0.2) is 6.10 Å². The monoisotopic (exact) mass is 217 g/mol. The van der Waals surface area contributed by atoms with E-state index in [-0.39, 0.29) is 12.1 Å². The summed E-state index contributed by atoms with van der Waals surface area (Å²) in [4.78, 5) is 0. The van der Waals surface area contributed by atoms with Crippen LogP contribution in [0.1, 0.15) is 48.9 Å². The lowest BCUT2D eigenvalue weighted by atomic mass is 9.98. The standard InChI is InChI=1S/C14H19NO/c1-2-4-12-14(15)11-7-9-5-3-6-10(9)8-13(11)16-12/h7-8,12,14H,2-6,15H2,1H3. The second-order valence-electron chi connectivity index (χ2n) is 4.98. The van der Waals surface area contributed by atoms with Gasteiger partial charge in [-0.2, -0.15) is 0 Å². The highest BCUT2D eigenvalue weighted by Crippen LogP contribution is 2.40. The van der Waals surface area contributed by atoms with Gasteiger partial charge in [0.1, 0.15) is 11.9 Å². The van der Waals surface area contributed by atoms with E-state index in [4.69, 9.17) is 10.5 Å². The van der Waals surface area contributed by atoms with Gasteiger partial charge < -0.3 is 10.5 Å². The Morgan fingerprint density at radius 2 is 2.06 bits per heavy atom. The summed E-state index contributed by atoms with van der Waals surface area (Å²) in [6, 6.07) is 4.60. The topological polar surface area (TPSA) is 35.2 Å². The zero-order valence-corrected chi connectivity index (χ0v) is 9.83. The summed E-state index contributed by atoms with van der Waals surface area (Å²) in [6.07, 6.45) is 6.09. The molecule has 0 saturated carbocycles. The molecule has 2 atom stereocenters. The molecule has 0 fully saturated rings. The Labute approximate surface area is 96.8 Å². The Balaban J connectivity index is 1.95. The number of aryl methyl sites for hydroxylation is 2. The molecular formula is C14H19NO. The SMILES string of the molecule is CCCC1Oc2cc3c(cc2C1N)CCC3. The summed E-state index contributed by atoms with van der Waals surface area (Å²) >= 11 is 0.